The first-order valence-corrected chi connectivity index (χ1v) is 13.4. The van der Waals surface area contributed by atoms with E-state index >= 15 is 0 Å². The number of rotatable bonds is 6. The number of halogens is 3. The topological polar surface area (TPSA) is 93.9 Å². The van der Waals surface area contributed by atoms with Gasteiger partial charge in [-0.3, -0.25) is 14.6 Å². The van der Waals surface area contributed by atoms with Gasteiger partial charge in [-0.2, -0.15) is 13.2 Å². The number of hydrogen-bond donors (Lipinski definition) is 3. The fraction of sp³-hybridized carbons (Fsp3) is 0.290. The van der Waals surface area contributed by atoms with Crippen molar-refractivity contribution >= 4 is 23.3 Å². The van der Waals surface area contributed by atoms with Crippen molar-refractivity contribution in [2.75, 3.05) is 56.9 Å². The Morgan fingerprint density at radius 3 is 2.17 bits per heavy atom. The van der Waals surface area contributed by atoms with Crippen LogP contribution >= 0.6 is 0 Å². The zero-order valence-electron chi connectivity index (χ0n) is 23.6. The van der Waals surface area contributed by atoms with E-state index in [1.165, 1.54) is 23.1 Å². The van der Waals surface area contributed by atoms with Gasteiger partial charge in [0.15, 0.2) is 0 Å². The molecule has 3 amide bonds. The highest BCUT2D eigenvalue weighted by atomic mass is 19.4. The Bertz CT molecular complexity index is 1350. The van der Waals surface area contributed by atoms with Gasteiger partial charge in [0.05, 0.1) is 5.56 Å². The number of hydrogen-bond acceptors (Lipinski definition) is 5. The van der Waals surface area contributed by atoms with E-state index in [9.17, 15) is 22.8 Å². The summed E-state index contributed by atoms with van der Waals surface area (Å²) in [6.45, 7) is 6.47. The number of likely N-dealkylation sites (N-methyl/N-ethyl adjacent to an activating group) is 1. The van der Waals surface area contributed by atoms with Crippen LogP contribution in [0.3, 0.4) is 0 Å². The second-order valence-corrected chi connectivity index (χ2v) is 9.70. The molecule has 4 N–H and O–H groups in total. The van der Waals surface area contributed by atoms with Crippen LogP contribution in [0.2, 0.25) is 0 Å². The van der Waals surface area contributed by atoms with Gasteiger partial charge >= 0.3 is 12.2 Å². The van der Waals surface area contributed by atoms with Gasteiger partial charge in [0.25, 0.3) is 5.91 Å². The zero-order valence-corrected chi connectivity index (χ0v) is 23.6. The molecule has 0 aliphatic carbocycles. The van der Waals surface area contributed by atoms with Crippen LogP contribution in [-0.2, 0) is 6.18 Å². The second kappa shape index (κ2) is 15.5. The van der Waals surface area contributed by atoms with Crippen LogP contribution in [0.4, 0.5) is 29.3 Å². The first-order valence-electron chi connectivity index (χ1n) is 13.4. The molecule has 0 aromatic heterocycles. The summed E-state index contributed by atoms with van der Waals surface area (Å²) in [4.78, 5) is 31.2. The number of urea groups is 1. The molecule has 0 atom stereocenters. The zero-order chi connectivity index (χ0) is 30.5. The molecule has 0 unspecified atom stereocenters. The van der Waals surface area contributed by atoms with Gasteiger partial charge in [0.2, 0.25) is 0 Å². The van der Waals surface area contributed by atoms with Crippen LogP contribution in [-0.4, -0.2) is 73.0 Å². The predicted molar refractivity (Wildman–Crippen MR) is 159 cm³/mol. The smallest absolute Gasteiger partial charge is 0.358 e. The van der Waals surface area contributed by atoms with Crippen LogP contribution in [0.25, 0.3) is 0 Å². The van der Waals surface area contributed by atoms with E-state index in [2.05, 4.69) is 39.6 Å². The lowest BCUT2D eigenvalue weighted by Gasteiger charge is -2.33. The summed E-state index contributed by atoms with van der Waals surface area (Å²) in [6.07, 6.45) is -4.56. The molecule has 0 spiro atoms. The average molecular weight is 581 g/mol. The summed E-state index contributed by atoms with van der Waals surface area (Å²) in [7, 11) is 2.06. The lowest BCUT2D eigenvalue weighted by Crippen LogP contribution is -2.47. The van der Waals surface area contributed by atoms with Crippen LogP contribution in [0, 0.1) is 19.0 Å². The number of nitrogens with zero attached hydrogens (tertiary/aromatic N) is 3. The maximum atomic E-state index is 13.0. The molecule has 8 nitrogen and oxygen atoms in total. The van der Waals surface area contributed by atoms with Gasteiger partial charge in [-0.25, -0.2) is 4.79 Å². The Labute approximate surface area is 244 Å². The average Bonchev–Trinajstić information content (AvgIpc) is 2.98. The standard InChI is InChI=1S/C25H29F3N6O2.C6H6/c1-18-6-7-21(30-23(35)19-4-3-5-20(16-19)25(26,27)28)17-22(18)31-24(36)34(9-8-29)15-14-33-12-10-32(2)11-13-33;1-2-4-6-5-3-1/h3-7,16-17H,10-15,29H2,1-2H3,(H,30,35)(H,31,36);1-6H. The highest BCUT2D eigenvalue weighted by Crippen LogP contribution is 2.30. The van der Waals surface area contributed by atoms with E-state index in [4.69, 9.17) is 5.73 Å². The number of alkyl halides is 3. The van der Waals surface area contributed by atoms with Crippen LogP contribution < -0.4 is 16.4 Å². The van der Waals surface area contributed by atoms with Crippen LogP contribution in [0.5, 0.6) is 0 Å². The fourth-order valence-corrected chi connectivity index (χ4v) is 4.04. The quantitative estimate of drug-likeness (QED) is 0.285. The molecule has 3 aromatic rings. The maximum absolute atomic E-state index is 13.0. The number of carbonyl (C=O) groups excluding carboxylic acids is 2. The Kier molecular flexibility index (Phi) is 11.8. The number of amides is 3. The normalized spacial score (nSPS) is 13.5. The minimum Gasteiger partial charge on any atom is -0.358 e. The summed E-state index contributed by atoms with van der Waals surface area (Å²) in [6, 6.07) is 25.4. The number of anilines is 2. The van der Waals surface area contributed by atoms with Gasteiger partial charge < -0.3 is 21.3 Å². The number of piperazine rings is 1. The van der Waals surface area contributed by atoms with Crippen molar-refractivity contribution in [1.29, 1.82) is 0 Å². The van der Waals surface area contributed by atoms with Gasteiger partial charge in [-0.15, -0.1) is 0 Å². The molecular formula is C31H35F3N6O2. The minimum atomic E-state index is -4.56. The van der Waals surface area contributed by atoms with Gasteiger partial charge in [0.1, 0.15) is 0 Å². The number of nitrogens with one attached hydrogen (secondary N) is 2. The molecule has 11 heteroatoms. The molecule has 222 valence electrons. The predicted octanol–water partition coefficient (Wildman–Crippen LogP) is 4.91. The summed E-state index contributed by atoms with van der Waals surface area (Å²) in [5, 5.41) is 5.35. The van der Waals surface area contributed by atoms with E-state index in [1.54, 1.807) is 19.1 Å². The fourth-order valence-electron chi connectivity index (χ4n) is 4.04. The monoisotopic (exact) mass is 580 g/mol. The maximum Gasteiger partial charge on any atom is 0.416 e. The molecule has 1 aliphatic rings. The Morgan fingerprint density at radius 1 is 0.929 bits per heavy atom. The molecule has 0 bridgehead atoms. The third kappa shape index (κ3) is 10.1. The molecule has 3 aromatic carbocycles. The van der Waals surface area contributed by atoms with E-state index in [-0.39, 0.29) is 5.56 Å². The lowest BCUT2D eigenvalue weighted by molar-refractivity contribution is -0.137. The molecule has 42 heavy (non-hydrogen) atoms. The van der Waals surface area contributed by atoms with Crippen molar-refractivity contribution in [1.82, 2.24) is 14.7 Å². The number of carbonyl (C=O) groups is 2. The molecule has 1 saturated heterocycles. The lowest BCUT2D eigenvalue weighted by atomic mass is 10.1. The minimum absolute atomic E-state index is 0.135. The van der Waals surface area contributed by atoms with E-state index < -0.39 is 23.7 Å². The second-order valence-electron chi connectivity index (χ2n) is 9.70. The molecular weight excluding hydrogens is 545 g/mol. The Hall–Kier alpha value is -4.53. The number of benzene rings is 3. The van der Waals surface area contributed by atoms with Gasteiger partial charge in [-0.1, -0.05) is 48.5 Å². The molecule has 0 radical (unpaired) electrons. The first kappa shape index (κ1) is 32.0. The molecule has 1 aliphatic heterocycles. The van der Waals surface area contributed by atoms with Crippen molar-refractivity contribution < 1.29 is 22.8 Å². The van der Waals surface area contributed by atoms with Crippen LogP contribution in [0.1, 0.15) is 21.5 Å². The summed E-state index contributed by atoms with van der Waals surface area (Å²) >= 11 is 0. The van der Waals surface area contributed by atoms with E-state index in [0.29, 0.717) is 24.5 Å². The highest BCUT2D eigenvalue weighted by molar-refractivity contribution is 6.05. The number of aryl methyl sites for hydroxylation is 1. The Morgan fingerprint density at radius 2 is 1.57 bits per heavy atom. The highest BCUT2D eigenvalue weighted by Gasteiger charge is 2.31. The van der Waals surface area contributed by atoms with Crippen molar-refractivity contribution in [3.05, 3.63) is 95.6 Å². The number of nitrogens with two attached hydrogens (primary N) is 1. The van der Waals surface area contributed by atoms with Crippen molar-refractivity contribution in [2.45, 2.75) is 13.1 Å². The molecule has 1 heterocycles. The first-order chi connectivity index (χ1) is 20.1. The van der Waals surface area contributed by atoms with E-state index in [0.717, 1.165) is 43.9 Å². The van der Waals surface area contributed by atoms with Crippen molar-refractivity contribution in [3.63, 3.8) is 0 Å². The van der Waals surface area contributed by atoms with Gasteiger partial charge in [-0.05, 0) is 49.9 Å². The summed E-state index contributed by atoms with van der Waals surface area (Å²) < 4.78 is 38.9. The molecule has 0 saturated carbocycles. The van der Waals surface area contributed by atoms with Gasteiger partial charge in [0, 0.05) is 68.3 Å². The largest absolute Gasteiger partial charge is 0.416 e. The SMILES string of the molecule is Cc1ccc(NC(=O)c2cccc(C(F)(F)F)c2)cc1NC(=O)N(C#CN)CCN1CCN(C)CC1.c1ccccc1. The third-order valence-electron chi connectivity index (χ3n) is 6.54. The Balaban J connectivity index is 0.000000715. The van der Waals surface area contributed by atoms with Crippen molar-refractivity contribution in [3.8, 4) is 12.1 Å². The third-order valence-corrected chi connectivity index (χ3v) is 6.54. The molecule has 1 fully saturated rings. The molecule has 4 rings (SSSR count). The summed E-state index contributed by atoms with van der Waals surface area (Å²) in [5.74, 6) is -0.704. The summed E-state index contributed by atoms with van der Waals surface area (Å²) in [5.41, 5.74) is 5.78. The van der Waals surface area contributed by atoms with Crippen molar-refractivity contribution in [2.24, 2.45) is 5.73 Å². The van der Waals surface area contributed by atoms with E-state index in [1.807, 2.05) is 36.4 Å². The van der Waals surface area contributed by atoms with Crippen LogP contribution in [0.15, 0.2) is 78.9 Å².